The molecule has 3 rings (SSSR count). The minimum atomic E-state index is -0.480. The molecule has 0 saturated heterocycles. The molecule has 0 radical (unpaired) electrons. The smallest absolute Gasteiger partial charge is 0.306 e. The van der Waals surface area contributed by atoms with Gasteiger partial charge in [0.15, 0.2) is 0 Å². The molecule has 33 heavy (non-hydrogen) atoms. The number of aryl methyl sites for hydroxylation is 1. The van der Waals surface area contributed by atoms with Crippen molar-refractivity contribution in [3.8, 4) is 11.5 Å². The zero-order valence-electron chi connectivity index (χ0n) is 18.2. The summed E-state index contributed by atoms with van der Waals surface area (Å²) in [5.74, 6) is 0.221. The van der Waals surface area contributed by atoms with Crippen LogP contribution in [-0.2, 0) is 27.4 Å². The third-order valence-corrected chi connectivity index (χ3v) is 4.78. The first-order valence-corrected chi connectivity index (χ1v) is 10.5. The number of nitro groups is 1. The van der Waals surface area contributed by atoms with Gasteiger partial charge in [-0.25, -0.2) is 0 Å². The molecule has 3 aromatic carbocycles. The van der Waals surface area contributed by atoms with E-state index in [1.54, 1.807) is 24.3 Å². The Hall–Kier alpha value is -4.20. The van der Waals surface area contributed by atoms with E-state index in [0.29, 0.717) is 22.7 Å². The number of nitrogens with one attached hydrogen (secondary N) is 1. The van der Waals surface area contributed by atoms with Crippen molar-refractivity contribution < 1.29 is 24.0 Å². The lowest BCUT2D eigenvalue weighted by Crippen LogP contribution is -2.14. The summed E-state index contributed by atoms with van der Waals surface area (Å²) in [6, 6.07) is 20.3. The Labute approximate surface area is 191 Å². The minimum absolute atomic E-state index is 0.0221. The molecular formula is C25H24N2O6. The summed E-state index contributed by atoms with van der Waals surface area (Å²) in [5, 5.41) is 13.5. The lowest BCUT2D eigenvalue weighted by molar-refractivity contribution is -0.384. The molecule has 0 fully saturated rings. The Morgan fingerprint density at radius 3 is 2.30 bits per heavy atom. The number of anilines is 1. The number of hydrogen-bond donors (Lipinski definition) is 1. The van der Waals surface area contributed by atoms with Gasteiger partial charge in [0, 0.05) is 24.2 Å². The van der Waals surface area contributed by atoms with E-state index in [4.69, 9.17) is 9.47 Å². The maximum atomic E-state index is 12.0. The Morgan fingerprint density at radius 1 is 0.909 bits per heavy atom. The van der Waals surface area contributed by atoms with Gasteiger partial charge in [0.2, 0.25) is 5.91 Å². The van der Waals surface area contributed by atoms with E-state index in [-0.39, 0.29) is 31.0 Å². The van der Waals surface area contributed by atoms with Crippen molar-refractivity contribution in [3.05, 3.63) is 94.0 Å². The zero-order chi connectivity index (χ0) is 23.6. The van der Waals surface area contributed by atoms with E-state index in [0.717, 1.165) is 6.42 Å². The molecule has 8 nitrogen and oxygen atoms in total. The normalized spacial score (nSPS) is 10.3. The molecule has 0 aliphatic rings. The summed E-state index contributed by atoms with van der Waals surface area (Å²) < 4.78 is 11.0. The summed E-state index contributed by atoms with van der Waals surface area (Å²) in [6.45, 7) is 2.10. The van der Waals surface area contributed by atoms with Crippen molar-refractivity contribution in [1.29, 1.82) is 0 Å². The van der Waals surface area contributed by atoms with Gasteiger partial charge in [-0.05, 0) is 53.9 Å². The van der Waals surface area contributed by atoms with Crippen molar-refractivity contribution in [3.63, 3.8) is 0 Å². The molecule has 1 N–H and O–H groups in total. The monoisotopic (exact) mass is 448 g/mol. The molecule has 3 aromatic rings. The van der Waals surface area contributed by atoms with Crippen LogP contribution in [-0.4, -0.2) is 16.8 Å². The van der Waals surface area contributed by atoms with Gasteiger partial charge in [-0.3, -0.25) is 19.7 Å². The van der Waals surface area contributed by atoms with Crippen molar-refractivity contribution in [1.82, 2.24) is 0 Å². The molecule has 170 valence electrons. The molecule has 0 aromatic heterocycles. The lowest BCUT2D eigenvalue weighted by atomic mass is 10.1. The second-order valence-electron chi connectivity index (χ2n) is 7.26. The number of carbonyl (C=O) groups is 2. The van der Waals surface area contributed by atoms with Crippen LogP contribution in [0.2, 0.25) is 0 Å². The van der Waals surface area contributed by atoms with E-state index in [9.17, 15) is 19.7 Å². The maximum Gasteiger partial charge on any atom is 0.306 e. The number of rotatable bonds is 10. The molecule has 8 heteroatoms. The van der Waals surface area contributed by atoms with Crippen molar-refractivity contribution >= 4 is 23.3 Å². The molecule has 1 amide bonds. The average Bonchev–Trinajstić information content (AvgIpc) is 2.82. The Kier molecular flexibility index (Phi) is 8.13. The molecule has 0 bridgehead atoms. The van der Waals surface area contributed by atoms with Gasteiger partial charge in [0.1, 0.15) is 18.1 Å². The molecule has 0 saturated carbocycles. The highest BCUT2D eigenvalue weighted by Crippen LogP contribution is 2.24. The fourth-order valence-electron chi connectivity index (χ4n) is 2.97. The highest BCUT2D eigenvalue weighted by Gasteiger charge is 2.10. The van der Waals surface area contributed by atoms with Crippen LogP contribution in [0.25, 0.3) is 0 Å². The average molecular weight is 448 g/mol. The predicted molar refractivity (Wildman–Crippen MR) is 123 cm³/mol. The van der Waals surface area contributed by atoms with Crippen LogP contribution < -0.4 is 10.1 Å². The largest absolute Gasteiger partial charge is 0.461 e. The summed E-state index contributed by atoms with van der Waals surface area (Å²) >= 11 is 0. The SMILES string of the molecule is CCc1ccc(NC(=O)CCC(=O)OCc2cccc(Oc3ccc([N+](=O)[O-])cc3)c2)cc1. The number of carbonyl (C=O) groups excluding carboxylic acids is 2. The third kappa shape index (κ3) is 7.46. The third-order valence-electron chi connectivity index (χ3n) is 4.78. The first-order valence-electron chi connectivity index (χ1n) is 10.5. The van der Waals surface area contributed by atoms with Crippen molar-refractivity contribution in [2.75, 3.05) is 5.32 Å². The van der Waals surface area contributed by atoms with Crippen LogP contribution in [0.5, 0.6) is 11.5 Å². The fraction of sp³-hybridized carbons (Fsp3) is 0.200. The van der Waals surface area contributed by atoms with Gasteiger partial charge < -0.3 is 14.8 Å². The molecule has 0 aliphatic heterocycles. The first-order chi connectivity index (χ1) is 15.9. The molecule has 0 spiro atoms. The van der Waals surface area contributed by atoms with Crippen LogP contribution >= 0.6 is 0 Å². The number of ether oxygens (including phenoxy) is 2. The number of nitrogens with zero attached hydrogens (tertiary/aromatic N) is 1. The van der Waals surface area contributed by atoms with Crippen LogP contribution in [0.1, 0.15) is 30.9 Å². The van der Waals surface area contributed by atoms with E-state index >= 15 is 0 Å². The topological polar surface area (TPSA) is 108 Å². The summed E-state index contributed by atoms with van der Waals surface area (Å²) in [7, 11) is 0. The standard InChI is InChI=1S/C25H24N2O6/c1-2-18-6-8-20(9-7-18)26-24(28)14-15-25(29)32-17-19-4-3-5-23(16-19)33-22-12-10-21(11-13-22)27(30)31/h3-13,16H,2,14-15,17H2,1H3,(H,26,28). The number of benzene rings is 3. The quantitative estimate of drug-likeness (QED) is 0.252. The number of hydrogen-bond acceptors (Lipinski definition) is 6. The zero-order valence-corrected chi connectivity index (χ0v) is 18.2. The van der Waals surface area contributed by atoms with E-state index < -0.39 is 10.9 Å². The predicted octanol–water partition coefficient (Wildman–Crippen LogP) is 5.41. The van der Waals surface area contributed by atoms with Gasteiger partial charge in [0.25, 0.3) is 5.69 Å². The van der Waals surface area contributed by atoms with Crippen LogP contribution in [0.15, 0.2) is 72.8 Å². The minimum Gasteiger partial charge on any atom is -0.461 e. The lowest BCUT2D eigenvalue weighted by Gasteiger charge is -2.09. The highest BCUT2D eigenvalue weighted by atomic mass is 16.6. The van der Waals surface area contributed by atoms with Crippen LogP contribution in [0.3, 0.4) is 0 Å². The first kappa shape index (κ1) is 23.5. The van der Waals surface area contributed by atoms with Crippen molar-refractivity contribution in [2.24, 2.45) is 0 Å². The van der Waals surface area contributed by atoms with Gasteiger partial charge in [-0.1, -0.05) is 31.2 Å². The molecule has 0 unspecified atom stereocenters. The molecule has 0 aliphatic carbocycles. The van der Waals surface area contributed by atoms with E-state index in [1.165, 1.54) is 29.8 Å². The molecule has 0 heterocycles. The van der Waals surface area contributed by atoms with Crippen LogP contribution in [0, 0.1) is 10.1 Å². The highest BCUT2D eigenvalue weighted by molar-refractivity contribution is 5.92. The van der Waals surface area contributed by atoms with Gasteiger partial charge in [-0.15, -0.1) is 0 Å². The van der Waals surface area contributed by atoms with Gasteiger partial charge in [-0.2, -0.15) is 0 Å². The van der Waals surface area contributed by atoms with E-state index in [1.807, 2.05) is 24.3 Å². The maximum absolute atomic E-state index is 12.0. The van der Waals surface area contributed by atoms with Crippen molar-refractivity contribution in [2.45, 2.75) is 32.8 Å². The molecular weight excluding hydrogens is 424 g/mol. The second kappa shape index (κ2) is 11.4. The second-order valence-corrected chi connectivity index (χ2v) is 7.26. The van der Waals surface area contributed by atoms with Gasteiger partial charge >= 0.3 is 5.97 Å². The number of amides is 1. The summed E-state index contributed by atoms with van der Waals surface area (Å²) in [5.41, 5.74) is 2.56. The van der Waals surface area contributed by atoms with E-state index in [2.05, 4.69) is 12.2 Å². The molecule has 0 atom stereocenters. The van der Waals surface area contributed by atoms with Gasteiger partial charge in [0.05, 0.1) is 11.3 Å². The number of esters is 1. The Balaban J connectivity index is 1.44. The summed E-state index contributed by atoms with van der Waals surface area (Å²) in [6.07, 6.45) is 0.918. The number of non-ortho nitro benzene ring substituents is 1. The number of nitro benzene ring substituents is 1. The Bertz CT molecular complexity index is 1110. The summed E-state index contributed by atoms with van der Waals surface area (Å²) in [4.78, 5) is 34.3. The Morgan fingerprint density at radius 2 is 1.64 bits per heavy atom. The van der Waals surface area contributed by atoms with Crippen LogP contribution in [0.4, 0.5) is 11.4 Å². The fourth-order valence-corrected chi connectivity index (χ4v) is 2.97.